The van der Waals surface area contributed by atoms with Crippen molar-refractivity contribution < 1.29 is 50.9 Å². The fraction of sp³-hybridized carbons (Fsp3) is 0.727. The number of hydrogen-bond donors (Lipinski definition) is 2. The summed E-state index contributed by atoms with van der Waals surface area (Å²) in [5, 5.41) is 17.4. The van der Waals surface area contributed by atoms with Gasteiger partial charge in [0.15, 0.2) is 0 Å². The molecule has 2 aliphatic heterocycles. The maximum absolute atomic E-state index is 13.3. The number of alkyl halides is 6. The first-order chi connectivity index (χ1) is 17.5. The summed E-state index contributed by atoms with van der Waals surface area (Å²) in [5.41, 5.74) is 0.764. The van der Waals surface area contributed by atoms with Crippen LogP contribution in [0.15, 0.2) is 5.38 Å². The van der Waals surface area contributed by atoms with Crippen LogP contribution in [0.3, 0.4) is 0 Å². The SMILES string of the molecule is Cc1nc(CN2CCN(C)C3(CCN(CC4CC4)CC3)C2=O)cs1.O=C(O)C(F)(F)F.O=C(O)C(F)(F)F. The zero-order valence-electron chi connectivity index (χ0n) is 20.8. The molecular formula is C22H30F6N4O5S. The number of aromatic nitrogens is 1. The number of hydrogen-bond acceptors (Lipinski definition) is 7. The number of piperazine rings is 1. The van der Waals surface area contributed by atoms with Crippen LogP contribution in [0.25, 0.3) is 0 Å². The lowest BCUT2D eigenvalue weighted by atomic mass is 9.82. The van der Waals surface area contributed by atoms with Crippen molar-refractivity contribution in [2.45, 2.75) is 57.0 Å². The number of carboxylic acids is 2. The maximum Gasteiger partial charge on any atom is 0.490 e. The lowest BCUT2D eigenvalue weighted by Crippen LogP contribution is -2.67. The topological polar surface area (TPSA) is 114 Å². The summed E-state index contributed by atoms with van der Waals surface area (Å²) in [7, 11) is 2.14. The Kier molecular flexibility index (Phi) is 10.5. The van der Waals surface area contributed by atoms with Gasteiger partial charge in [-0.15, -0.1) is 11.3 Å². The van der Waals surface area contributed by atoms with E-state index < -0.39 is 24.3 Å². The third-order valence-electron chi connectivity index (χ3n) is 6.52. The molecule has 3 heterocycles. The van der Waals surface area contributed by atoms with Crippen LogP contribution in [0.1, 0.15) is 36.4 Å². The summed E-state index contributed by atoms with van der Waals surface area (Å²) in [6.07, 6.45) is -5.41. The summed E-state index contributed by atoms with van der Waals surface area (Å²) in [6.45, 7) is 7.86. The second kappa shape index (κ2) is 12.6. The van der Waals surface area contributed by atoms with E-state index in [1.54, 1.807) is 11.3 Å². The van der Waals surface area contributed by atoms with E-state index in [1.165, 1.54) is 19.4 Å². The van der Waals surface area contributed by atoms with Gasteiger partial charge in [0, 0.05) is 38.1 Å². The minimum atomic E-state index is -5.08. The number of halogens is 6. The van der Waals surface area contributed by atoms with Gasteiger partial charge < -0.3 is 20.0 Å². The first kappa shape index (κ1) is 31.8. The first-order valence-corrected chi connectivity index (χ1v) is 12.6. The number of aliphatic carboxylic acids is 2. The Morgan fingerprint density at radius 3 is 1.92 bits per heavy atom. The molecule has 2 saturated heterocycles. The highest BCUT2D eigenvalue weighted by molar-refractivity contribution is 7.09. The van der Waals surface area contributed by atoms with Crippen molar-refractivity contribution in [1.29, 1.82) is 0 Å². The zero-order chi connectivity index (χ0) is 28.9. The minimum Gasteiger partial charge on any atom is -0.475 e. The van der Waals surface area contributed by atoms with E-state index in [0.717, 1.165) is 55.6 Å². The molecule has 1 aromatic rings. The van der Waals surface area contributed by atoms with Crippen LogP contribution >= 0.6 is 11.3 Å². The van der Waals surface area contributed by atoms with E-state index in [1.807, 2.05) is 11.8 Å². The van der Waals surface area contributed by atoms with E-state index in [9.17, 15) is 31.1 Å². The molecule has 38 heavy (non-hydrogen) atoms. The van der Waals surface area contributed by atoms with E-state index >= 15 is 0 Å². The summed E-state index contributed by atoms with van der Waals surface area (Å²) in [6, 6.07) is 0. The van der Waals surface area contributed by atoms with Crippen LogP contribution in [-0.2, 0) is 20.9 Å². The first-order valence-electron chi connectivity index (χ1n) is 11.7. The Hall–Kier alpha value is -2.46. The van der Waals surface area contributed by atoms with Crippen molar-refractivity contribution in [1.82, 2.24) is 19.7 Å². The Labute approximate surface area is 219 Å². The molecule has 1 aliphatic carbocycles. The Balaban J connectivity index is 0.000000301. The van der Waals surface area contributed by atoms with Gasteiger partial charge in [0.05, 0.1) is 17.2 Å². The van der Waals surface area contributed by atoms with Crippen LogP contribution in [-0.4, -0.2) is 105 Å². The van der Waals surface area contributed by atoms with Crippen molar-refractivity contribution in [3.8, 4) is 0 Å². The van der Waals surface area contributed by atoms with Crippen molar-refractivity contribution in [3.63, 3.8) is 0 Å². The number of likely N-dealkylation sites (tertiary alicyclic amines) is 1. The van der Waals surface area contributed by atoms with Gasteiger partial charge in [-0.05, 0) is 45.6 Å². The molecule has 0 atom stereocenters. The van der Waals surface area contributed by atoms with Crippen LogP contribution in [0.4, 0.5) is 26.3 Å². The number of piperidine rings is 1. The number of likely N-dealkylation sites (N-methyl/N-ethyl adjacent to an activating group) is 1. The minimum absolute atomic E-state index is 0.274. The predicted octanol–water partition coefficient (Wildman–Crippen LogP) is 3.24. The van der Waals surface area contributed by atoms with Gasteiger partial charge in [-0.3, -0.25) is 9.69 Å². The fourth-order valence-electron chi connectivity index (χ4n) is 4.24. The normalized spacial score (nSPS) is 20.3. The molecule has 0 bridgehead atoms. The van der Waals surface area contributed by atoms with Gasteiger partial charge in [-0.25, -0.2) is 14.6 Å². The highest BCUT2D eigenvalue weighted by Gasteiger charge is 2.49. The zero-order valence-corrected chi connectivity index (χ0v) is 21.6. The van der Waals surface area contributed by atoms with Crippen molar-refractivity contribution in [2.75, 3.05) is 39.8 Å². The molecule has 0 unspecified atom stereocenters. The summed E-state index contributed by atoms with van der Waals surface area (Å²) < 4.78 is 63.5. The number of carbonyl (C=O) groups excluding carboxylic acids is 1. The standard InChI is InChI=1S/C18H28N4OS.2C2HF3O2/c1-14-19-16(13-24-14)12-22-10-9-20(2)18(17(22)23)5-7-21(8-6-18)11-15-3-4-15;2*3-2(4,5)1(6)7/h13,15H,3-12H2,1-2H3;2*(H,6,7). The van der Waals surface area contributed by atoms with Crippen LogP contribution in [0, 0.1) is 12.8 Å². The summed E-state index contributed by atoms with van der Waals surface area (Å²) in [4.78, 5) is 42.6. The monoisotopic (exact) mass is 576 g/mol. The van der Waals surface area contributed by atoms with E-state index in [0.29, 0.717) is 12.5 Å². The predicted molar refractivity (Wildman–Crippen MR) is 123 cm³/mol. The lowest BCUT2D eigenvalue weighted by Gasteiger charge is -2.51. The van der Waals surface area contributed by atoms with Crippen LogP contribution < -0.4 is 0 Å². The highest BCUT2D eigenvalue weighted by Crippen LogP contribution is 2.36. The Morgan fingerprint density at radius 1 is 1.03 bits per heavy atom. The number of carbonyl (C=O) groups is 3. The van der Waals surface area contributed by atoms with Crippen LogP contribution in [0.2, 0.25) is 0 Å². The van der Waals surface area contributed by atoms with E-state index in [-0.39, 0.29) is 5.54 Å². The number of thiazole rings is 1. The molecule has 1 spiro atoms. The summed E-state index contributed by atoms with van der Waals surface area (Å²) >= 11 is 1.67. The smallest absolute Gasteiger partial charge is 0.475 e. The average Bonchev–Trinajstić information content (AvgIpc) is 3.53. The van der Waals surface area contributed by atoms with Crippen molar-refractivity contribution >= 4 is 29.2 Å². The molecule has 0 radical (unpaired) electrons. The molecule has 3 fully saturated rings. The van der Waals surface area contributed by atoms with Gasteiger partial charge in [0.2, 0.25) is 5.91 Å². The molecule has 16 heteroatoms. The number of rotatable bonds is 4. The lowest BCUT2D eigenvalue weighted by molar-refractivity contribution is -0.193. The Morgan fingerprint density at radius 2 is 1.53 bits per heavy atom. The average molecular weight is 577 g/mol. The largest absolute Gasteiger partial charge is 0.490 e. The molecule has 216 valence electrons. The van der Waals surface area contributed by atoms with Gasteiger partial charge in [-0.2, -0.15) is 26.3 Å². The third-order valence-corrected chi connectivity index (χ3v) is 7.34. The highest BCUT2D eigenvalue weighted by atomic mass is 32.1. The molecule has 1 saturated carbocycles. The molecule has 2 N–H and O–H groups in total. The maximum atomic E-state index is 13.3. The number of nitrogens with zero attached hydrogens (tertiary/aromatic N) is 4. The second-order valence-corrected chi connectivity index (χ2v) is 10.4. The van der Waals surface area contributed by atoms with Crippen molar-refractivity contribution in [3.05, 3.63) is 16.1 Å². The molecule has 0 aromatic carbocycles. The van der Waals surface area contributed by atoms with E-state index in [2.05, 4.69) is 27.2 Å². The third kappa shape index (κ3) is 9.08. The molecule has 3 aliphatic rings. The number of aryl methyl sites for hydroxylation is 1. The van der Waals surface area contributed by atoms with Gasteiger partial charge in [0.25, 0.3) is 0 Å². The molecule has 1 aromatic heterocycles. The van der Waals surface area contributed by atoms with Crippen LogP contribution in [0.5, 0.6) is 0 Å². The number of carboxylic acid groups (broad SMARTS) is 2. The molecule has 4 rings (SSSR count). The van der Waals surface area contributed by atoms with Gasteiger partial charge >= 0.3 is 24.3 Å². The molecular weight excluding hydrogens is 546 g/mol. The fourth-order valence-corrected chi connectivity index (χ4v) is 4.84. The van der Waals surface area contributed by atoms with Gasteiger partial charge in [0.1, 0.15) is 5.54 Å². The quantitative estimate of drug-likeness (QED) is 0.526. The summed E-state index contributed by atoms with van der Waals surface area (Å²) in [5.74, 6) is -4.25. The van der Waals surface area contributed by atoms with Crippen molar-refractivity contribution in [2.24, 2.45) is 5.92 Å². The number of amides is 1. The molecule has 9 nitrogen and oxygen atoms in total. The molecule has 1 amide bonds. The second-order valence-electron chi connectivity index (χ2n) is 9.39. The van der Waals surface area contributed by atoms with Gasteiger partial charge in [-0.1, -0.05) is 0 Å². The Bertz CT molecular complexity index is 950. The van der Waals surface area contributed by atoms with E-state index in [4.69, 9.17) is 19.8 Å².